The average Bonchev–Trinajstić information content (AvgIpc) is 2.36. The highest BCUT2D eigenvalue weighted by molar-refractivity contribution is 5.59. The Morgan fingerprint density at radius 1 is 1.30 bits per heavy atom. The summed E-state index contributed by atoms with van der Waals surface area (Å²) < 4.78 is 0. The molecule has 0 spiro atoms. The minimum absolute atomic E-state index is 0.0237. The molecular weight excluding hydrogens is 256 g/mol. The molecule has 0 amide bonds. The van der Waals surface area contributed by atoms with Crippen LogP contribution in [0.4, 0.5) is 11.4 Å². The normalized spacial score (nSPS) is 11.2. The Hall–Kier alpha value is -1.66. The van der Waals surface area contributed by atoms with Gasteiger partial charge < -0.3 is 10.6 Å². The fourth-order valence-electron chi connectivity index (χ4n) is 2.09. The van der Waals surface area contributed by atoms with Gasteiger partial charge in [0.2, 0.25) is 0 Å². The summed E-state index contributed by atoms with van der Waals surface area (Å²) in [5, 5.41) is 10.7. The maximum atomic E-state index is 10.7. The molecule has 0 aliphatic rings. The molecule has 0 aromatic heterocycles. The van der Waals surface area contributed by atoms with Crippen LogP contribution in [0.3, 0.4) is 0 Å². The van der Waals surface area contributed by atoms with Crippen LogP contribution < -0.4 is 5.73 Å². The first-order valence-corrected chi connectivity index (χ1v) is 6.84. The minimum Gasteiger partial charge on any atom is -0.393 e. The second-order valence-electron chi connectivity index (χ2n) is 5.18. The number of rotatable bonds is 8. The summed E-state index contributed by atoms with van der Waals surface area (Å²) in [7, 11) is 4.13. The van der Waals surface area contributed by atoms with E-state index >= 15 is 0 Å². The van der Waals surface area contributed by atoms with Crippen LogP contribution in [0, 0.1) is 10.1 Å². The smallest absolute Gasteiger partial charge is 0.292 e. The SMILES string of the molecule is CCN(CCCN(C)C)Cc1ccc([N+](=O)[O-])c(N)c1. The van der Waals surface area contributed by atoms with Gasteiger partial charge in [0.05, 0.1) is 4.92 Å². The molecule has 0 bridgehead atoms. The predicted molar refractivity (Wildman–Crippen MR) is 81.6 cm³/mol. The van der Waals surface area contributed by atoms with E-state index in [0.29, 0.717) is 0 Å². The Balaban J connectivity index is 2.61. The van der Waals surface area contributed by atoms with Crippen LogP contribution in [0.25, 0.3) is 0 Å². The lowest BCUT2D eigenvalue weighted by molar-refractivity contribution is -0.383. The van der Waals surface area contributed by atoms with E-state index in [1.165, 1.54) is 6.07 Å². The summed E-state index contributed by atoms with van der Waals surface area (Å²) in [6, 6.07) is 4.97. The molecule has 0 saturated carbocycles. The van der Waals surface area contributed by atoms with Crippen molar-refractivity contribution < 1.29 is 4.92 Å². The molecule has 1 aromatic carbocycles. The summed E-state index contributed by atoms with van der Waals surface area (Å²) in [4.78, 5) is 14.8. The van der Waals surface area contributed by atoms with E-state index in [4.69, 9.17) is 5.73 Å². The van der Waals surface area contributed by atoms with E-state index in [9.17, 15) is 10.1 Å². The van der Waals surface area contributed by atoms with Crippen molar-refractivity contribution in [2.75, 3.05) is 39.5 Å². The lowest BCUT2D eigenvalue weighted by atomic mass is 10.1. The van der Waals surface area contributed by atoms with Crippen LogP contribution in [0.5, 0.6) is 0 Å². The van der Waals surface area contributed by atoms with Gasteiger partial charge in [-0.15, -0.1) is 0 Å². The number of nitro groups is 1. The van der Waals surface area contributed by atoms with Crippen LogP contribution in [0.2, 0.25) is 0 Å². The van der Waals surface area contributed by atoms with Gasteiger partial charge in [-0.3, -0.25) is 15.0 Å². The zero-order chi connectivity index (χ0) is 15.1. The maximum absolute atomic E-state index is 10.7. The minimum atomic E-state index is -0.451. The van der Waals surface area contributed by atoms with Crippen molar-refractivity contribution >= 4 is 11.4 Å². The van der Waals surface area contributed by atoms with Gasteiger partial charge in [0.1, 0.15) is 5.69 Å². The Morgan fingerprint density at radius 2 is 2.00 bits per heavy atom. The van der Waals surface area contributed by atoms with E-state index in [2.05, 4.69) is 30.8 Å². The Kier molecular flexibility index (Phi) is 6.41. The van der Waals surface area contributed by atoms with Crippen molar-refractivity contribution in [3.8, 4) is 0 Å². The van der Waals surface area contributed by atoms with Crippen molar-refractivity contribution in [2.24, 2.45) is 0 Å². The van der Waals surface area contributed by atoms with Gasteiger partial charge in [-0.25, -0.2) is 0 Å². The maximum Gasteiger partial charge on any atom is 0.292 e. The number of anilines is 1. The zero-order valence-corrected chi connectivity index (χ0v) is 12.5. The Labute approximate surface area is 120 Å². The molecule has 0 aliphatic carbocycles. The first-order valence-electron chi connectivity index (χ1n) is 6.84. The molecule has 1 rings (SSSR count). The molecule has 0 unspecified atom stereocenters. The second kappa shape index (κ2) is 7.81. The van der Waals surface area contributed by atoms with Gasteiger partial charge in [0.25, 0.3) is 5.69 Å². The van der Waals surface area contributed by atoms with Gasteiger partial charge in [0, 0.05) is 12.6 Å². The topological polar surface area (TPSA) is 75.6 Å². The highest BCUT2D eigenvalue weighted by Crippen LogP contribution is 2.22. The van der Waals surface area contributed by atoms with Crippen molar-refractivity contribution in [1.82, 2.24) is 9.80 Å². The first-order chi connectivity index (χ1) is 9.43. The monoisotopic (exact) mass is 280 g/mol. The molecule has 6 nitrogen and oxygen atoms in total. The molecule has 112 valence electrons. The quantitative estimate of drug-likeness (QED) is 0.447. The summed E-state index contributed by atoms with van der Waals surface area (Å²) in [6.45, 7) is 5.89. The van der Waals surface area contributed by atoms with Crippen LogP contribution in [0.15, 0.2) is 18.2 Å². The predicted octanol–water partition coefficient (Wildman–Crippen LogP) is 1.95. The van der Waals surface area contributed by atoms with Gasteiger partial charge in [-0.05, 0) is 51.8 Å². The molecular formula is C14H24N4O2. The van der Waals surface area contributed by atoms with E-state index in [0.717, 1.165) is 38.2 Å². The third-order valence-electron chi connectivity index (χ3n) is 3.22. The number of nitrogens with two attached hydrogens (primary N) is 1. The number of hydrogen-bond acceptors (Lipinski definition) is 5. The third-order valence-corrected chi connectivity index (χ3v) is 3.22. The number of nitrogens with zero attached hydrogens (tertiary/aromatic N) is 3. The van der Waals surface area contributed by atoms with Crippen LogP contribution >= 0.6 is 0 Å². The van der Waals surface area contributed by atoms with E-state index in [-0.39, 0.29) is 11.4 Å². The molecule has 6 heteroatoms. The third kappa shape index (κ3) is 5.14. The van der Waals surface area contributed by atoms with E-state index in [1.54, 1.807) is 12.1 Å². The van der Waals surface area contributed by atoms with Gasteiger partial charge in [-0.2, -0.15) is 0 Å². The lowest BCUT2D eigenvalue weighted by Gasteiger charge is -2.21. The molecule has 1 aromatic rings. The van der Waals surface area contributed by atoms with Crippen molar-refractivity contribution in [2.45, 2.75) is 19.9 Å². The summed E-state index contributed by atoms with van der Waals surface area (Å²) in [5.41, 5.74) is 6.94. The first kappa shape index (κ1) is 16.4. The molecule has 0 heterocycles. The highest BCUT2D eigenvalue weighted by Gasteiger charge is 2.12. The standard InChI is InChI=1S/C14H24N4O2/c1-4-17(9-5-8-16(2)3)11-12-6-7-14(18(19)20)13(15)10-12/h6-7,10H,4-5,8-9,11,15H2,1-3H3. The number of hydrogen-bond donors (Lipinski definition) is 1. The van der Waals surface area contributed by atoms with Crippen molar-refractivity contribution in [3.63, 3.8) is 0 Å². The summed E-state index contributed by atoms with van der Waals surface area (Å²) in [5.74, 6) is 0. The van der Waals surface area contributed by atoms with Crippen LogP contribution in [-0.2, 0) is 6.54 Å². The molecule has 20 heavy (non-hydrogen) atoms. The molecule has 0 saturated heterocycles. The van der Waals surface area contributed by atoms with Crippen LogP contribution in [-0.4, -0.2) is 48.5 Å². The van der Waals surface area contributed by atoms with Crippen molar-refractivity contribution in [1.29, 1.82) is 0 Å². The van der Waals surface area contributed by atoms with Gasteiger partial charge in [-0.1, -0.05) is 13.0 Å². The fraction of sp³-hybridized carbons (Fsp3) is 0.571. The van der Waals surface area contributed by atoms with E-state index < -0.39 is 4.92 Å². The van der Waals surface area contributed by atoms with Crippen LogP contribution in [0.1, 0.15) is 18.9 Å². The zero-order valence-electron chi connectivity index (χ0n) is 12.5. The largest absolute Gasteiger partial charge is 0.393 e. The molecule has 0 fully saturated rings. The molecule has 0 aliphatic heterocycles. The highest BCUT2D eigenvalue weighted by atomic mass is 16.6. The fourth-order valence-corrected chi connectivity index (χ4v) is 2.09. The summed E-state index contributed by atoms with van der Waals surface area (Å²) >= 11 is 0. The number of nitrogen functional groups attached to an aromatic ring is 1. The number of benzene rings is 1. The molecule has 0 radical (unpaired) electrons. The van der Waals surface area contributed by atoms with Gasteiger partial charge >= 0.3 is 0 Å². The molecule has 2 N–H and O–H groups in total. The average molecular weight is 280 g/mol. The second-order valence-corrected chi connectivity index (χ2v) is 5.18. The van der Waals surface area contributed by atoms with Crippen molar-refractivity contribution in [3.05, 3.63) is 33.9 Å². The Bertz CT molecular complexity index is 449. The summed E-state index contributed by atoms with van der Waals surface area (Å²) in [6.07, 6.45) is 1.10. The van der Waals surface area contributed by atoms with E-state index in [1.807, 2.05) is 0 Å². The lowest BCUT2D eigenvalue weighted by Crippen LogP contribution is -2.26. The molecule has 0 atom stereocenters. The van der Waals surface area contributed by atoms with Gasteiger partial charge in [0.15, 0.2) is 0 Å². The number of nitro benzene ring substituents is 1. The Morgan fingerprint density at radius 3 is 2.50 bits per heavy atom.